The van der Waals surface area contributed by atoms with E-state index in [-0.39, 0.29) is 6.54 Å². The number of nitrogens with zero attached hydrogens (tertiary/aromatic N) is 3. The van der Waals surface area contributed by atoms with Crippen LogP contribution in [0, 0.1) is 6.92 Å². The van der Waals surface area contributed by atoms with E-state index < -0.39 is 15.9 Å². The van der Waals surface area contributed by atoms with E-state index in [2.05, 4.69) is 27.6 Å². The molecule has 1 N–H and O–H groups in total. The highest BCUT2D eigenvalue weighted by atomic mass is 32.2. The molecule has 0 bridgehead atoms. The van der Waals surface area contributed by atoms with Crippen molar-refractivity contribution in [3.8, 4) is 0 Å². The molecule has 0 unspecified atom stereocenters. The molecule has 0 saturated carbocycles. The molecule has 1 aliphatic heterocycles. The zero-order chi connectivity index (χ0) is 21.6. The van der Waals surface area contributed by atoms with Crippen LogP contribution < -0.4 is 9.73 Å². The lowest BCUT2D eigenvalue weighted by Crippen LogP contribution is -2.40. The molecular formula is C22H28N4O3S. The van der Waals surface area contributed by atoms with Crippen LogP contribution >= 0.6 is 0 Å². The van der Waals surface area contributed by atoms with E-state index in [1.807, 2.05) is 37.3 Å². The van der Waals surface area contributed by atoms with E-state index in [1.54, 1.807) is 12.1 Å². The number of sulfonamides is 1. The third-order valence-electron chi connectivity index (χ3n) is 5.03. The number of benzene rings is 2. The summed E-state index contributed by atoms with van der Waals surface area (Å²) in [5.41, 5.74) is 6.20. The van der Waals surface area contributed by atoms with Crippen molar-refractivity contribution in [2.45, 2.75) is 26.3 Å². The van der Waals surface area contributed by atoms with E-state index in [9.17, 15) is 13.2 Å². The van der Waals surface area contributed by atoms with Crippen LogP contribution in [0.4, 0.5) is 5.69 Å². The standard InChI is InChI=1S/C22H28N4O3S/c1-18-8-10-21(11-9-18)26(30(2,28)29)17-22(27)24-23-20-12-14-25(15-13-20)16-19-6-4-3-5-7-19/h3-11H,12-17H2,1-2H3,(H,24,27). The highest BCUT2D eigenvalue weighted by Gasteiger charge is 2.21. The topological polar surface area (TPSA) is 82.1 Å². The van der Waals surface area contributed by atoms with Crippen LogP contribution in [-0.2, 0) is 21.4 Å². The summed E-state index contributed by atoms with van der Waals surface area (Å²) in [6, 6.07) is 17.3. The summed E-state index contributed by atoms with van der Waals surface area (Å²) in [7, 11) is -3.59. The van der Waals surface area contributed by atoms with E-state index in [0.717, 1.165) is 54.3 Å². The van der Waals surface area contributed by atoms with Crippen molar-refractivity contribution in [3.05, 3.63) is 65.7 Å². The summed E-state index contributed by atoms with van der Waals surface area (Å²) in [4.78, 5) is 14.7. The summed E-state index contributed by atoms with van der Waals surface area (Å²) in [5.74, 6) is -0.458. The van der Waals surface area contributed by atoms with Crippen molar-refractivity contribution in [2.24, 2.45) is 5.10 Å². The second-order valence-electron chi connectivity index (χ2n) is 7.58. The number of piperidine rings is 1. The predicted molar refractivity (Wildman–Crippen MR) is 120 cm³/mol. The first kappa shape index (κ1) is 22.0. The first-order valence-corrected chi connectivity index (χ1v) is 11.8. The summed E-state index contributed by atoms with van der Waals surface area (Å²) in [6.45, 7) is 4.27. The molecule has 0 aromatic heterocycles. The van der Waals surface area contributed by atoms with Gasteiger partial charge in [0, 0.05) is 38.2 Å². The second kappa shape index (κ2) is 9.86. The van der Waals surface area contributed by atoms with Crippen LogP contribution in [0.2, 0.25) is 0 Å². The van der Waals surface area contributed by atoms with Gasteiger partial charge < -0.3 is 0 Å². The Kier molecular flexibility index (Phi) is 7.23. The van der Waals surface area contributed by atoms with Crippen molar-refractivity contribution < 1.29 is 13.2 Å². The van der Waals surface area contributed by atoms with Gasteiger partial charge in [0.25, 0.3) is 5.91 Å². The molecule has 160 valence electrons. The summed E-state index contributed by atoms with van der Waals surface area (Å²) in [5, 5.41) is 4.24. The zero-order valence-electron chi connectivity index (χ0n) is 17.4. The Hall–Kier alpha value is -2.71. The van der Waals surface area contributed by atoms with Crippen molar-refractivity contribution in [3.63, 3.8) is 0 Å². The largest absolute Gasteiger partial charge is 0.298 e. The monoisotopic (exact) mass is 428 g/mol. The number of carbonyl (C=O) groups is 1. The van der Waals surface area contributed by atoms with Crippen LogP contribution in [0.5, 0.6) is 0 Å². The fourth-order valence-corrected chi connectivity index (χ4v) is 4.20. The molecule has 3 rings (SSSR count). The first-order chi connectivity index (χ1) is 14.3. The smallest absolute Gasteiger partial charge is 0.260 e. The quantitative estimate of drug-likeness (QED) is 0.687. The fraction of sp³-hybridized carbons (Fsp3) is 0.364. The predicted octanol–water partition coefficient (Wildman–Crippen LogP) is 2.53. The maximum atomic E-state index is 12.4. The molecule has 1 amide bonds. The van der Waals surface area contributed by atoms with Gasteiger partial charge in [0.2, 0.25) is 10.0 Å². The third kappa shape index (κ3) is 6.40. The molecule has 30 heavy (non-hydrogen) atoms. The number of anilines is 1. The lowest BCUT2D eigenvalue weighted by molar-refractivity contribution is -0.119. The van der Waals surface area contributed by atoms with Crippen LogP contribution in [0.15, 0.2) is 59.7 Å². The molecule has 0 atom stereocenters. The molecule has 1 heterocycles. The van der Waals surface area contributed by atoms with E-state index in [1.165, 1.54) is 5.56 Å². The number of nitrogens with one attached hydrogen (secondary N) is 1. The Labute approximate surface area is 178 Å². The number of aryl methyl sites for hydroxylation is 1. The van der Waals surface area contributed by atoms with E-state index in [4.69, 9.17) is 0 Å². The van der Waals surface area contributed by atoms with Gasteiger partial charge in [-0.15, -0.1) is 0 Å². The highest BCUT2D eigenvalue weighted by Crippen LogP contribution is 2.18. The van der Waals surface area contributed by atoms with Gasteiger partial charge >= 0.3 is 0 Å². The third-order valence-corrected chi connectivity index (χ3v) is 6.17. The molecule has 1 aliphatic rings. The molecule has 7 nitrogen and oxygen atoms in total. The lowest BCUT2D eigenvalue weighted by atomic mass is 10.1. The molecule has 8 heteroatoms. The van der Waals surface area contributed by atoms with Gasteiger partial charge in [0.05, 0.1) is 11.9 Å². The maximum absolute atomic E-state index is 12.4. The summed E-state index contributed by atoms with van der Waals surface area (Å²) in [6.07, 6.45) is 2.65. The summed E-state index contributed by atoms with van der Waals surface area (Å²) < 4.78 is 25.4. The van der Waals surface area contributed by atoms with Crippen molar-refractivity contribution in [2.75, 3.05) is 30.2 Å². The Bertz CT molecular complexity index is 979. The zero-order valence-corrected chi connectivity index (χ0v) is 18.2. The number of likely N-dealkylation sites (tertiary alicyclic amines) is 1. The van der Waals surface area contributed by atoms with Crippen LogP contribution in [0.1, 0.15) is 24.0 Å². The second-order valence-corrected chi connectivity index (χ2v) is 9.49. The molecule has 2 aromatic rings. The van der Waals surface area contributed by atoms with Gasteiger partial charge in [0.1, 0.15) is 6.54 Å². The number of rotatable bonds is 7. The minimum Gasteiger partial charge on any atom is -0.298 e. The van der Waals surface area contributed by atoms with E-state index >= 15 is 0 Å². The molecule has 0 spiro atoms. The Morgan fingerprint density at radius 2 is 1.70 bits per heavy atom. The molecule has 2 aromatic carbocycles. The number of hydrogen-bond donors (Lipinski definition) is 1. The Morgan fingerprint density at radius 3 is 2.30 bits per heavy atom. The van der Waals surface area contributed by atoms with Crippen molar-refractivity contribution in [1.29, 1.82) is 0 Å². The number of amides is 1. The molecule has 1 fully saturated rings. The van der Waals surface area contributed by atoms with Crippen molar-refractivity contribution >= 4 is 27.3 Å². The van der Waals surface area contributed by atoms with Crippen LogP contribution in [0.25, 0.3) is 0 Å². The van der Waals surface area contributed by atoms with Crippen LogP contribution in [0.3, 0.4) is 0 Å². The number of hydrogen-bond acceptors (Lipinski definition) is 5. The average molecular weight is 429 g/mol. The minimum absolute atomic E-state index is 0.307. The summed E-state index contributed by atoms with van der Waals surface area (Å²) >= 11 is 0. The number of carbonyl (C=O) groups excluding carboxylic acids is 1. The maximum Gasteiger partial charge on any atom is 0.260 e. The normalized spacial score (nSPS) is 14.9. The van der Waals surface area contributed by atoms with Gasteiger partial charge in [0.15, 0.2) is 0 Å². The highest BCUT2D eigenvalue weighted by molar-refractivity contribution is 7.92. The molecule has 1 saturated heterocycles. The molecule has 0 aliphatic carbocycles. The fourth-order valence-electron chi connectivity index (χ4n) is 3.34. The van der Waals surface area contributed by atoms with Gasteiger partial charge in [-0.2, -0.15) is 5.10 Å². The van der Waals surface area contributed by atoms with Gasteiger partial charge in [-0.1, -0.05) is 48.0 Å². The van der Waals surface area contributed by atoms with Crippen LogP contribution in [-0.4, -0.2) is 50.8 Å². The Balaban J connectivity index is 1.53. The van der Waals surface area contributed by atoms with Gasteiger partial charge in [-0.3, -0.25) is 14.0 Å². The van der Waals surface area contributed by atoms with Crippen molar-refractivity contribution in [1.82, 2.24) is 10.3 Å². The Morgan fingerprint density at radius 1 is 1.07 bits per heavy atom. The van der Waals surface area contributed by atoms with E-state index in [0.29, 0.717) is 5.69 Å². The van der Waals surface area contributed by atoms with Gasteiger partial charge in [-0.25, -0.2) is 13.8 Å². The van der Waals surface area contributed by atoms with Gasteiger partial charge in [-0.05, 0) is 24.6 Å². The molecule has 0 radical (unpaired) electrons. The first-order valence-electron chi connectivity index (χ1n) is 9.96. The average Bonchev–Trinajstić information content (AvgIpc) is 2.72. The lowest BCUT2D eigenvalue weighted by Gasteiger charge is -2.27. The SMILES string of the molecule is Cc1ccc(N(CC(=O)NN=C2CCN(Cc3ccccc3)CC2)S(C)(=O)=O)cc1. The number of hydrazone groups is 1. The molecular weight excluding hydrogens is 400 g/mol. The minimum atomic E-state index is -3.59.